The lowest BCUT2D eigenvalue weighted by molar-refractivity contribution is -0.144. The van der Waals surface area contributed by atoms with E-state index in [1.807, 2.05) is 0 Å². The SMILES string of the molecule is CC(C(=O)O)C1CN(S(=O)(=O)N2CCCC2)C1. The van der Waals surface area contributed by atoms with E-state index in [0.29, 0.717) is 26.2 Å². The van der Waals surface area contributed by atoms with Crippen molar-refractivity contribution in [2.75, 3.05) is 26.2 Å². The van der Waals surface area contributed by atoms with Gasteiger partial charge in [-0.2, -0.15) is 17.0 Å². The monoisotopic (exact) mass is 262 g/mol. The predicted octanol–water partition coefficient (Wildman–Crippen LogP) is -0.0205. The van der Waals surface area contributed by atoms with E-state index >= 15 is 0 Å². The average Bonchev–Trinajstić information content (AvgIpc) is 2.67. The van der Waals surface area contributed by atoms with E-state index in [-0.39, 0.29) is 5.92 Å². The maximum atomic E-state index is 12.1. The van der Waals surface area contributed by atoms with Gasteiger partial charge in [0.25, 0.3) is 10.2 Å². The Balaban J connectivity index is 1.92. The summed E-state index contributed by atoms with van der Waals surface area (Å²) in [6.45, 7) is 3.50. The van der Waals surface area contributed by atoms with Crippen molar-refractivity contribution in [3.05, 3.63) is 0 Å². The fraction of sp³-hybridized carbons (Fsp3) is 0.900. The van der Waals surface area contributed by atoms with E-state index < -0.39 is 22.1 Å². The molecule has 0 bridgehead atoms. The van der Waals surface area contributed by atoms with E-state index in [2.05, 4.69) is 0 Å². The molecule has 17 heavy (non-hydrogen) atoms. The molecule has 2 aliphatic rings. The second-order valence-corrected chi connectivity index (χ2v) is 6.75. The van der Waals surface area contributed by atoms with Crippen LogP contribution in [0.2, 0.25) is 0 Å². The summed E-state index contributed by atoms with van der Waals surface area (Å²) in [4.78, 5) is 10.8. The van der Waals surface area contributed by atoms with E-state index in [4.69, 9.17) is 5.11 Å². The number of rotatable bonds is 4. The summed E-state index contributed by atoms with van der Waals surface area (Å²) < 4.78 is 27.0. The molecule has 1 atom stereocenters. The first-order valence-corrected chi connectivity index (χ1v) is 7.30. The quantitative estimate of drug-likeness (QED) is 0.772. The number of carbonyl (C=O) groups is 1. The number of carboxylic acid groups (broad SMARTS) is 1. The molecule has 1 unspecified atom stereocenters. The molecule has 0 spiro atoms. The van der Waals surface area contributed by atoms with Crippen molar-refractivity contribution < 1.29 is 18.3 Å². The van der Waals surface area contributed by atoms with Gasteiger partial charge in [-0.25, -0.2) is 0 Å². The Morgan fingerprint density at radius 1 is 1.24 bits per heavy atom. The fourth-order valence-corrected chi connectivity index (χ4v) is 4.06. The maximum Gasteiger partial charge on any atom is 0.306 e. The first-order chi connectivity index (χ1) is 7.93. The van der Waals surface area contributed by atoms with Crippen molar-refractivity contribution in [2.45, 2.75) is 19.8 Å². The van der Waals surface area contributed by atoms with Gasteiger partial charge in [0.1, 0.15) is 0 Å². The van der Waals surface area contributed by atoms with Crippen LogP contribution >= 0.6 is 0 Å². The minimum Gasteiger partial charge on any atom is -0.481 e. The lowest BCUT2D eigenvalue weighted by Crippen LogP contribution is -2.57. The van der Waals surface area contributed by atoms with Crippen LogP contribution in [0.1, 0.15) is 19.8 Å². The van der Waals surface area contributed by atoms with Crippen molar-refractivity contribution in [2.24, 2.45) is 11.8 Å². The summed E-state index contributed by atoms with van der Waals surface area (Å²) in [6.07, 6.45) is 1.84. The van der Waals surface area contributed by atoms with Gasteiger partial charge in [0.15, 0.2) is 0 Å². The van der Waals surface area contributed by atoms with Crippen LogP contribution in [-0.2, 0) is 15.0 Å². The van der Waals surface area contributed by atoms with Gasteiger partial charge in [0.05, 0.1) is 5.92 Å². The smallest absolute Gasteiger partial charge is 0.306 e. The first-order valence-electron chi connectivity index (χ1n) is 5.91. The highest BCUT2D eigenvalue weighted by atomic mass is 32.2. The molecule has 2 rings (SSSR count). The molecular weight excluding hydrogens is 244 g/mol. The second-order valence-electron chi connectivity index (χ2n) is 4.82. The fourth-order valence-electron chi connectivity index (χ4n) is 2.26. The zero-order chi connectivity index (χ0) is 12.6. The minimum absolute atomic E-state index is 0.0510. The Bertz CT molecular complexity index is 397. The van der Waals surface area contributed by atoms with Crippen molar-refractivity contribution in [3.8, 4) is 0 Å². The standard InChI is InChI=1S/C10H18N2O4S/c1-8(10(13)14)9-6-12(7-9)17(15,16)11-4-2-3-5-11/h8-9H,2-7H2,1H3,(H,13,14). The van der Waals surface area contributed by atoms with Crippen LogP contribution in [-0.4, -0.2) is 54.3 Å². The van der Waals surface area contributed by atoms with Gasteiger partial charge >= 0.3 is 5.97 Å². The van der Waals surface area contributed by atoms with Crippen LogP contribution in [0.4, 0.5) is 0 Å². The van der Waals surface area contributed by atoms with Gasteiger partial charge in [-0.15, -0.1) is 0 Å². The van der Waals surface area contributed by atoms with Crippen LogP contribution < -0.4 is 0 Å². The van der Waals surface area contributed by atoms with Crippen LogP contribution in [0.15, 0.2) is 0 Å². The van der Waals surface area contributed by atoms with Crippen molar-refractivity contribution in [1.82, 2.24) is 8.61 Å². The molecule has 2 saturated heterocycles. The summed E-state index contributed by atoms with van der Waals surface area (Å²) in [7, 11) is -3.32. The molecule has 0 radical (unpaired) electrons. The zero-order valence-electron chi connectivity index (χ0n) is 9.87. The molecule has 0 aromatic rings. The van der Waals surface area contributed by atoms with E-state index in [1.165, 1.54) is 8.61 Å². The highest BCUT2D eigenvalue weighted by molar-refractivity contribution is 7.86. The summed E-state index contributed by atoms with van der Waals surface area (Å²) in [6, 6.07) is 0. The molecule has 2 heterocycles. The van der Waals surface area contributed by atoms with Gasteiger partial charge < -0.3 is 5.11 Å². The highest BCUT2D eigenvalue weighted by Gasteiger charge is 2.43. The molecule has 0 aromatic carbocycles. The van der Waals surface area contributed by atoms with Crippen molar-refractivity contribution in [3.63, 3.8) is 0 Å². The van der Waals surface area contributed by atoms with Crippen molar-refractivity contribution in [1.29, 1.82) is 0 Å². The van der Waals surface area contributed by atoms with E-state index in [1.54, 1.807) is 6.92 Å². The number of aliphatic carboxylic acids is 1. The summed E-state index contributed by atoms with van der Waals surface area (Å²) in [5, 5.41) is 8.84. The highest BCUT2D eigenvalue weighted by Crippen LogP contribution is 2.29. The third-order valence-corrected chi connectivity index (χ3v) is 5.66. The number of carboxylic acids is 1. The number of hydrogen-bond donors (Lipinski definition) is 1. The molecule has 0 saturated carbocycles. The molecule has 0 aromatic heterocycles. The lowest BCUT2D eigenvalue weighted by atomic mass is 9.89. The Morgan fingerprint density at radius 3 is 2.24 bits per heavy atom. The second kappa shape index (κ2) is 4.55. The van der Waals surface area contributed by atoms with Crippen LogP contribution in [0, 0.1) is 11.8 Å². The Kier molecular flexibility index (Phi) is 3.42. The molecular formula is C10H18N2O4S. The van der Waals surface area contributed by atoms with Crippen molar-refractivity contribution >= 4 is 16.2 Å². The summed E-state index contributed by atoms with van der Waals surface area (Å²) in [5.41, 5.74) is 0. The number of hydrogen-bond acceptors (Lipinski definition) is 3. The average molecular weight is 262 g/mol. The van der Waals surface area contributed by atoms with Crippen LogP contribution in [0.5, 0.6) is 0 Å². The third-order valence-electron chi connectivity index (χ3n) is 3.69. The number of nitrogens with zero attached hydrogens (tertiary/aromatic N) is 2. The Morgan fingerprint density at radius 2 is 1.76 bits per heavy atom. The Labute approximate surface area is 101 Å². The van der Waals surface area contributed by atoms with Gasteiger partial charge in [0, 0.05) is 26.2 Å². The van der Waals surface area contributed by atoms with Crippen LogP contribution in [0.25, 0.3) is 0 Å². The first kappa shape index (κ1) is 12.8. The molecule has 0 aliphatic carbocycles. The minimum atomic E-state index is -3.32. The van der Waals surface area contributed by atoms with E-state index in [0.717, 1.165) is 12.8 Å². The summed E-state index contributed by atoms with van der Waals surface area (Å²) in [5.74, 6) is -1.38. The largest absolute Gasteiger partial charge is 0.481 e. The molecule has 98 valence electrons. The predicted molar refractivity (Wildman–Crippen MR) is 61.6 cm³/mol. The molecule has 7 heteroatoms. The normalized spacial score (nSPS) is 25.7. The van der Waals surface area contributed by atoms with Gasteiger partial charge in [-0.05, 0) is 18.8 Å². The molecule has 2 fully saturated rings. The molecule has 6 nitrogen and oxygen atoms in total. The van der Waals surface area contributed by atoms with Gasteiger partial charge in [-0.3, -0.25) is 4.79 Å². The molecule has 1 N–H and O–H groups in total. The lowest BCUT2D eigenvalue weighted by Gasteiger charge is -2.41. The topological polar surface area (TPSA) is 77.9 Å². The third kappa shape index (κ3) is 2.31. The maximum absolute atomic E-state index is 12.1. The van der Waals surface area contributed by atoms with Crippen LogP contribution in [0.3, 0.4) is 0 Å². The van der Waals surface area contributed by atoms with E-state index in [9.17, 15) is 13.2 Å². The molecule has 2 aliphatic heterocycles. The van der Waals surface area contributed by atoms with Gasteiger partial charge in [0.2, 0.25) is 0 Å². The van der Waals surface area contributed by atoms with Gasteiger partial charge in [-0.1, -0.05) is 6.92 Å². The summed E-state index contributed by atoms with van der Waals surface area (Å²) >= 11 is 0. The molecule has 0 amide bonds. The Hall–Kier alpha value is -0.660. The zero-order valence-corrected chi connectivity index (χ0v) is 10.7.